The maximum Gasteiger partial charge on any atom is 1.00 e. The van der Waals surface area contributed by atoms with E-state index >= 15 is 0 Å². The number of carbonyl (C=O) groups excluding carboxylic acids is 1. The molecule has 1 unspecified atom stereocenters. The molecule has 158 valence electrons. The minimum absolute atomic E-state index is 0. The molecule has 1 aromatic heterocycles. The Morgan fingerprint density at radius 3 is 2.42 bits per heavy atom. The average molecular weight is 434 g/mol. The fraction of sp³-hybridized carbons (Fsp3) is 0.250. The monoisotopic (exact) mass is 434 g/mol. The Hall–Kier alpha value is -2.25. The Balaban J connectivity index is 0.00000256. The van der Waals surface area contributed by atoms with Crippen LogP contribution in [-0.4, -0.2) is 28.1 Å². The van der Waals surface area contributed by atoms with Crippen molar-refractivity contribution in [1.29, 1.82) is 0 Å². The summed E-state index contributed by atoms with van der Waals surface area (Å²) in [5, 5.41) is 19.2. The SMILES string of the molecule is CC(C)c1oc2cccc(-c3ccc(F)cc3)c2c1C=CC(=O)CC(O)CC(=O)O.[H-].[Na+]. The number of carboxylic acid groups (broad SMARTS) is 1. The van der Waals surface area contributed by atoms with Crippen LogP contribution >= 0.6 is 0 Å². The molecule has 0 fully saturated rings. The number of fused-ring (bicyclic) bond motifs is 1. The average Bonchev–Trinajstić information content (AvgIpc) is 3.05. The van der Waals surface area contributed by atoms with Gasteiger partial charge in [-0.05, 0) is 41.5 Å². The predicted molar refractivity (Wildman–Crippen MR) is 114 cm³/mol. The van der Waals surface area contributed by atoms with Crippen molar-refractivity contribution < 1.29 is 59.6 Å². The van der Waals surface area contributed by atoms with Crippen molar-refractivity contribution in [2.45, 2.75) is 38.7 Å². The van der Waals surface area contributed by atoms with E-state index in [0.717, 1.165) is 22.1 Å². The van der Waals surface area contributed by atoms with Crippen molar-refractivity contribution in [3.63, 3.8) is 0 Å². The van der Waals surface area contributed by atoms with Gasteiger partial charge < -0.3 is 16.1 Å². The van der Waals surface area contributed by atoms with Crippen LogP contribution in [0.4, 0.5) is 4.39 Å². The van der Waals surface area contributed by atoms with Crippen LogP contribution in [0.25, 0.3) is 28.2 Å². The van der Waals surface area contributed by atoms with Gasteiger partial charge in [0.2, 0.25) is 0 Å². The van der Waals surface area contributed by atoms with E-state index in [4.69, 9.17) is 9.52 Å². The molecule has 7 heteroatoms. The molecule has 0 aliphatic carbocycles. The molecular formula is C24H24FNaO5. The van der Waals surface area contributed by atoms with Gasteiger partial charge in [-0.3, -0.25) is 9.59 Å². The van der Waals surface area contributed by atoms with Gasteiger partial charge >= 0.3 is 35.5 Å². The van der Waals surface area contributed by atoms with Gasteiger partial charge in [0.1, 0.15) is 17.2 Å². The summed E-state index contributed by atoms with van der Waals surface area (Å²) in [5.41, 5.74) is 3.05. The summed E-state index contributed by atoms with van der Waals surface area (Å²) in [6.07, 6.45) is 0.980. The van der Waals surface area contributed by atoms with Gasteiger partial charge in [0, 0.05) is 23.3 Å². The number of benzene rings is 2. The molecule has 2 N–H and O–H groups in total. The Morgan fingerprint density at radius 2 is 1.81 bits per heavy atom. The molecule has 0 saturated carbocycles. The second-order valence-corrected chi connectivity index (χ2v) is 7.48. The summed E-state index contributed by atoms with van der Waals surface area (Å²) >= 11 is 0. The number of hydrogen-bond donors (Lipinski definition) is 2. The summed E-state index contributed by atoms with van der Waals surface area (Å²) in [6, 6.07) is 11.8. The van der Waals surface area contributed by atoms with Crippen LogP contribution in [0.1, 0.15) is 45.4 Å². The standard InChI is InChI=1S/C24H23FO5.Na.H/c1-14(2)24-20(11-10-17(26)12-18(27)13-22(28)29)23-19(4-3-5-21(23)30-24)15-6-8-16(25)9-7-15;;/h3-11,14,18,27H,12-13H2,1-2H3,(H,28,29);;/q;+1;-1. The van der Waals surface area contributed by atoms with E-state index in [9.17, 15) is 19.1 Å². The molecular weight excluding hydrogens is 410 g/mol. The molecule has 0 saturated heterocycles. The second kappa shape index (κ2) is 10.9. The molecule has 0 bridgehead atoms. The summed E-state index contributed by atoms with van der Waals surface area (Å²) in [5.74, 6) is -1.12. The van der Waals surface area contributed by atoms with E-state index in [1.54, 1.807) is 18.2 Å². The van der Waals surface area contributed by atoms with E-state index < -0.39 is 18.5 Å². The zero-order chi connectivity index (χ0) is 21.8. The van der Waals surface area contributed by atoms with Crippen LogP contribution in [0, 0.1) is 5.82 Å². The van der Waals surface area contributed by atoms with Gasteiger partial charge in [-0.2, -0.15) is 0 Å². The van der Waals surface area contributed by atoms with Gasteiger partial charge in [0.25, 0.3) is 0 Å². The van der Waals surface area contributed by atoms with Crippen LogP contribution in [0.5, 0.6) is 0 Å². The molecule has 0 amide bonds. The number of rotatable bonds is 8. The van der Waals surface area contributed by atoms with E-state index in [2.05, 4.69) is 0 Å². The number of aliphatic carboxylic acids is 1. The molecule has 0 radical (unpaired) electrons. The van der Waals surface area contributed by atoms with E-state index in [-0.39, 0.29) is 54.9 Å². The normalized spacial score (nSPS) is 12.3. The number of carbonyl (C=O) groups is 2. The summed E-state index contributed by atoms with van der Waals surface area (Å²) in [6.45, 7) is 3.95. The zero-order valence-corrected chi connectivity index (χ0v) is 19.8. The maximum atomic E-state index is 13.4. The third-order valence-corrected chi connectivity index (χ3v) is 4.74. The summed E-state index contributed by atoms with van der Waals surface area (Å²) < 4.78 is 19.4. The van der Waals surface area contributed by atoms with Gasteiger partial charge in [0.15, 0.2) is 5.78 Å². The second-order valence-electron chi connectivity index (χ2n) is 7.48. The zero-order valence-electron chi connectivity index (χ0n) is 18.8. The van der Waals surface area contributed by atoms with Crippen molar-refractivity contribution in [1.82, 2.24) is 0 Å². The minimum atomic E-state index is -1.24. The van der Waals surface area contributed by atoms with E-state index in [1.807, 2.05) is 32.0 Å². The molecule has 3 rings (SSSR count). The third-order valence-electron chi connectivity index (χ3n) is 4.74. The first-order valence-electron chi connectivity index (χ1n) is 9.68. The van der Waals surface area contributed by atoms with Crippen molar-refractivity contribution in [2.75, 3.05) is 0 Å². The molecule has 31 heavy (non-hydrogen) atoms. The van der Waals surface area contributed by atoms with Crippen molar-refractivity contribution in [2.24, 2.45) is 0 Å². The first-order valence-corrected chi connectivity index (χ1v) is 9.68. The van der Waals surface area contributed by atoms with Crippen LogP contribution < -0.4 is 29.6 Å². The number of ketones is 1. The fourth-order valence-electron chi connectivity index (χ4n) is 3.41. The molecule has 3 aromatic rings. The Kier molecular flexibility index (Phi) is 8.77. The third kappa shape index (κ3) is 6.14. The number of aliphatic hydroxyl groups is 1. The van der Waals surface area contributed by atoms with Crippen molar-refractivity contribution in [3.05, 3.63) is 65.7 Å². The van der Waals surface area contributed by atoms with Gasteiger partial charge in [-0.15, -0.1) is 0 Å². The first-order chi connectivity index (χ1) is 14.3. The molecule has 5 nitrogen and oxygen atoms in total. The van der Waals surface area contributed by atoms with Gasteiger partial charge in [-0.25, -0.2) is 4.39 Å². The van der Waals surface area contributed by atoms with Crippen LogP contribution in [-0.2, 0) is 9.59 Å². The van der Waals surface area contributed by atoms with E-state index in [1.165, 1.54) is 18.2 Å². The smallest absolute Gasteiger partial charge is 1.00 e. The topological polar surface area (TPSA) is 87.7 Å². The molecule has 0 aliphatic heterocycles. The van der Waals surface area contributed by atoms with E-state index in [0.29, 0.717) is 11.3 Å². The Labute approximate surface area is 203 Å². The number of hydrogen-bond acceptors (Lipinski definition) is 4. The minimum Gasteiger partial charge on any atom is -1.00 e. The van der Waals surface area contributed by atoms with Crippen LogP contribution in [0.2, 0.25) is 0 Å². The number of aliphatic hydroxyl groups excluding tert-OH is 1. The molecule has 1 heterocycles. The van der Waals surface area contributed by atoms with Gasteiger partial charge in [-0.1, -0.05) is 38.1 Å². The predicted octanol–water partition coefficient (Wildman–Crippen LogP) is 2.29. The summed E-state index contributed by atoms with van der Waals surface area (Å²) in [4.78, 5) is 22.9. The van der Waals surface area contributed by atoms with Crippen LogP contribution in [0.15, 0.2) is 53.0 Å². The quantitative estimate of drug-likeness (QED) is 0.420. The summed E-state index contributed by atoms with van der Waals surface area (Å²) in [7, 11) is 0. The number of carboxylic acids is 1. The molecule has 0 aliphatic rings. The van der Waals surface area contributed by atoms with Gasteiger partial charge in [0.05, 0.1) is 12.5 Å². The first kappa shape index (κ1) is 25.0. The largest absolute Gasteiger partial charge is 1.00 e. The van der Waals surface area contributed by atoms with Crippen LogP contribution in [0.3, 0.4) is 0 Å². The molecule has 1 atom stereocenters. The Morgan fingerprint density at radius 1 is 1.13 bits per heavy atom. The Bertz CT molecular complexity index is 1110. The molecule has 2 aromatic carbocycles. The maximum absolute atomic E-state index is 13.4. The fourth-order valence-corrected chi connectivity index (χ4v) is 3.41. The number of halogens is 1. The number of allylic oxidation sites excluding steroid dienone is 1. The van der Waals surface area contributed by atoms with Crippen molar-refractivity contribution in [3.8, 4) is 11.1 Å². The van der Waals surface area contributed by atoms with Crippen molar-refractivity contribution >= 4 is 28.8 Å². The number of furan rings is 1. The molecule has 0 spiro atoms.